The van der Waals surface area contributed by atoms with E-state index in [0.717, 1.165) is 5.56 Å². The van der Waals surface area contributed by atoms with Crippen LogP contribution in [0, 0.1) is 0 Å². The molecule has 0 aliphatic heterocycles. The van der Waals surface area contributed by atoms with Gasteiger partial charge < -0.3 is 15.3 Å². The zero-order valence-corrected chi connectivity index (χ0v) is 13.9. The lowest BCUT2D eigenvalue weighted by molar-refractivity contribution is -0.137. The van der Waals surface area contributed by atoms with Crippen LogP contribution in [0.2, 0.25) is 0 Å². The Morgan fingerprint density at radius 1 is 0.615 bits per heavy atom. The van der Waals surface area contributed by atoms with Gasteiger partial charge in [-0.05, 0) is 27.8 Å². The third-order valence-electron chi connectivity index (χ3n) is 3.59. The highest BCUT2D eigenvalue weighted by Crippen LogP contribution is 2.16. The van der Waals surface area contributed by atoms with Crippen molar-refractivity contribution in [2.24, 2.45) is 0 Å². The Morgan fingerprint density at radius 2 is 1.04 bits per heavy atom. The fourth-order valence-electron chi connectivity index (χ4n) is 2.55. The number of hydrogen-bond acceptors (Lipinski definition) is 3. The maximum Gasteiger partial charge on any atom is 0.307 e. The van der Waals surface area contributed by atoms with Gasteiger partial charge in [-0.25, -0.2) is 0 Å². The number of carboxylic acids is 3. The first-order chi connectivity index (χ1) is 12.3. The Labute approximate surface area is 150 Å². The van der Waals surface area contributed by atoms with E-state index in [1.165, 1.54) is 0 Å². The number of carbonyl (C=O) groups is 3. The van der Waals surface area contributed by atoms with Gasteiger partial charge in [0.2, 0.25) is 0 Å². The fourth-order valence-corrected chi connectivity index (χ4v) is 2.55. The van der Waals surface area contributed by atoms with Crippen LogP contribution >= 0.6 is 0 Å². The van der Waals surface area contributed by atoms with Crippen molar-refractivity contribution in [2.45, 2.75) is 19.3 Å². The van der Waals surface area contributed by atoms with Crippen molar-refractivity contribution in [3.63, 3.8) is 0 Å². The topological polar surface area (TPSA) is 112 Å². The molecule has 6 nitrogen and oxygen atoms in total. The van der Waals surface area contributed by atoms with Crippen molar-refractivity contribution in [1.82, 2.24) is 0 Å². The van der Waals surface area contributed by atoms with Crippen molar-refractivity contribution in [3.8, 4) is 0 Å². The fraction of sp³-hybridized carbons (Fsp3) is 0.150. The van der Waals surface area contributed by atoms with Crippen LogP contribution in [0.5, 0.6) is 0 Å². The summed E-state index contributed by atoms with van der Waals surface area (Å²) in [4.78, 5) is 32.5. The monoisotopic (exact) mass is 354 g/mol. The van der Waals surface area contributed by atoms with E-state index in [9.17, 15) is 14.4 Å². The molecule has 0 fully saturated rings. The summed E-state index contributed by atoms with van der Waals surface area (Å²) in [5, 5.41) is 26.7. The Bertz CT molecular complexity index is 815. The summed E-state index contributed by atoms with van der Waals surface area (Å²) < 4.78 is 0. The zero-order chi connectivity index (χ0) is 19.1. The lowest BCUT2D eigenvalue weighted by atomic mass is 10.0. The smallest absolute Gasteiger partial charge is 0.307 e. The molecule has 6 heteroatoms. The third kappa shape index (κ3) is 6.24. The van der Waals surface area contributed by atoms with Crippen LogP contribution in [0.25, 0.3) is 12.2 Å². The van der Waals surface area contributed by atoms with Gasteiger partial charge in [0.25, 0.3) is 0 Å². The van der Waals surface area contributed by atoms with Gasteiger partial charge in [0.1, 0.15) is 0 Å². The predicted octanol–water partition coefficient (Wildman–Crippen LogP) is 2.74. The molecule has 2 aromatic carbocycles. The van der Waals surface area contributed by atoms with Crippen molar-refractivity contribution >= 4 is 30.1 Å². The molecular formula is C20H18O6. The summed E-state index contributed by atoms with van der Waals surface area (Å²) in [6.45, 7) is 0. The molecule has 0 saturated heterocycles. The first-order valence-corrected chi connectivity index (χ1v) is 7.87. The van der Waals surface area contributed by atoms with Crippen LogP contribution in [-0.2, 0) is 33.6 Å². The van der Waals surface area contributed by atoms with Crippen molar-refractivity contribution in [1.29, 1.82) is 0 Å². The molecule has 2 aromatic rings. The molecule has 0 aliphatic carbocycles. The van der Waals surface area contributed by atoms with Crippen LogP contribution in [0.1, 0.15) is 27.8 Å². The maximum absolute atomic E-state index is 10.9. The van der Waals surface area contributed by atoms with Crippen molar-refractivity contribution in [3.05, 3.63) is 70.3 Å². The first kappa shape index (κ1) is 18.9. The Kier molecular flexibility index (Phi) is 6.27. The van der Waals surface area contributed by atoms with Gasteiger partial charge in [-0.15, -0.1) is 0 Å². The molecule has 3 N–H and O–H groups in total. The molecule has 0 heterocycles. The zero-order valence-electron chi connectivity index (χ0n) is 13.9. The number of hydrogen-bond donors (Lipinski definition) is 3. The summed E-state index contributed by atoms with van der Waals surface area (Å²) in [5.74, 6) is -2.86. The number of rotatable bonds is 8. The normalized spacial score (nSPS) is 10.8. The molecular weight excluding hydrogens is 336 g/mol. The van der Waals surface area contributed by atoms with E-state index < -0.39 is 17.9 Å². The van der Waals surface area contributed by atoms with E-state index in [1.54, 1.807) is 54.6 Å². The summed E-state index contributed by atoms with van der Waals surface area (Å²) >= 11 is 0. The largest absolute Gasteiger partial charge is 0.481 e. The predicted molar refractivity (Wildman–Crippen MR) is 95.8 cm³/mol. The first-order valence-electron chi connectivity index (χ1n) is 7.87. The van der Waals surface area contributed by atoms with Crippen LogP contribution in [0.4, 0.5) is 0 Å². The molecule has 0 atom stereocenters. The van der Waals surface area contributed by atoms with E-state index in [-0.39, 0.29) is 19.3 Å². The van der Waals surface area contributed by atoms with Gasteiger partial charge in [-0.1, -0.05) is 54.6 Å². The summed E-state index contributed by atoms with van der Waals surface area (Å²) in [6.07, 6.45) is 3.16. The number of aliphatic carboxylic acids is 3. The molecule has 0 aromatic heterocycles. The molecule has 0 bridgehead atoms. The minimum atomic E-state index is -0.985. The quantitative estimate of drug-likeness (QED) is 0.629. The summed E-state index contributed by atoms with van der Waals surface area (Å²) in [6, 6.07) is 12.0. The molecule has 0 unspecified atom stereocenters. The minimum absolute atomic E-state index is 0.0419. The summed E-state index contributed by atoms with van der Waals surface area (Å²) in [7, 11) is 0. The lowest BCUT2D eigenvalue weighted by Crippen LogP contribution is -2.04. The van der Waals surface area contributed by atoms with Crippen LogP contribution < -0.4 is 0 Å². The molecule has 0 spiro atoms. The highest BCUT2D eigenvalue weighted by atomic mass is 16.4. The van der Waals surface area contributed by atoms with Gasteiger partial charge in [-0.3, -0.25) is 14.4 Å². The van der Waals surface area contributed by atoms with Gasteiger partial charge in [0.15, 0.2) is 0 Å². The van der Waals surface area contributed by atoms with Crippen LogP contribution in [0.15, 0.2) is 42.5 Å². The van der Waals surface area contributed by atoms with Gasteiger partial charge in [0, 0.05) is 0 Å². The van der Waals surface area contributed by atoms with E-state index in [4.69, 9.17) is 15.3 Å². The second-order valence-electron chi connectivity index (χ2n) is 5.87. The molecule has 0 amide bonds. The van der Waals surface area contributed by atoms with Gasteiger partial charge in [-0.2, -0.15) is 0 Å². The molecule has 0 radical (unpaired) electrons. The molecule has 0 aliphatic rings. The number of carboxylic acid groups (broad SMARTS) is 3. The summed E-state index contributed by atoms with van der Waals surface area (Å²) in [5.41, 5.74) is 3.32. The maximum atomic E-state index is 10.9. The van der Waals surface area contributed by atoms with E-state index in [0.29, 0.717) is 22.3 Å². The van der Waals surface area contributed by atoms with Gasteiger partial charge >= 0.3 is 17.9 Å². The van der Waals surface area contributed by atoms with Crippen LogP contribution in [0.3, 0.4) is 0 Å². The highest BCUT2D eigenvalue weighted by molar-refractivity contribution is 5.75. The van der Waals surface area contributed by atoms with E-state index >= 15 is 0 Å². The Balaban J connectivity index is 2.23. The van der Waals surface area contributed by atoms with Crippen molar-refractivity contribution < 1.29 is 29.7 Å². The standard InChI is InChI=1S/C20H18O6/c21-18(22)10-14-4-1-13(2-5-14)3-6-15-7-16(11-19(23)24)9-17(8-15)12-20(25)26/h1-9H,10-12H2,(H,21,22)(H,23,24)(H,25,26). The minimum Gasteiger partial charge on any atom is -0.481 e. The SMILES string of the molecule is O=C(O)Cc1ccc(C=Cc2cc(CC(=O)O)cc(CC(=O)O)c2)cc1. The van der Waals surface area contributed by atoms with E-state index in [1.807, 2.05) is 0 Å². The number of benzene rings is 2. The Hall–Kier alpha value is -3.41. The third-order valence-corrected chi connectivity index (χ3v) is 3.59. The molecule has 26 heavy (non-hydrogen) atoms. The Morgan fingerprint density at radius 3 is 1.50 bits per heavy atom. The average Bonchev–Trinajstić information content (AvgIpc) is 2.52. The second-order valence-corrected chi connectivity index (χ2v) is 5.87. The van der Waals surface area contributed by atoms with Gasteiger partial charge in [0.05, 0.1) is 19.3 Å². The molecule has 134 valence electrons. The lowest BCUT2D eigenvalue weighted by Gasteiger charge is -2.05. The second kappa shape index (κ2) is 8.62. The van der Waals surface area contributed by atoms with Crippen molar-refractivity contribution in [2.75, 3.05) is 0 Å². The molecule has 0 saturated carbocycles. The highest BCUT2D eigenvalue weighted by Gasteiger charge is 2.07. The molecule has 2 rings (SSSR count). The van der Waals surface area contributed by atoms with E-state index in [2.05, 4.69) is 0 Å². The average molecular weight is 354 g/mol. The van der Waals surface area contributed by atoms with Crippen LogP contribution in [-0.4, -0.2) is 33.2 Å².